The van der Waals surface area contributed by atoms with E-state index in [2.05, 4.69) is 92.7 Å². The van der Waals surface area contributed by atoms with Crippen LogP contribution in [0.5, 0.6) is 0 Å². The maximum absolute atomic E-state index is 2.39. The first-order valence-corrected chi connectivity index (χ1v) is 8.16. The number of benzene rings is 2. The molecule has 0 aliphatic carbocycles. The molecular weight excluding hydrogens is 278 g/mol. The maximum atomic E-state index is 2.39. The van der Waals surface area contributed by atoms with E-state index in [4.69, 9.17) is 0 Å². The fourth-order valence-electron chi connectivity index (χ4n) is 3.69. The molecule has 114 valence electrons. The maximum Gasteiger partial charge on any atom is 0.0776 e. The van der Waals surface area contributed by atoms with Crippen molar-refractivity contribution in [1.82, 2.24) is 4.90 Å². The summed E-state index contributed by atoms with van der Waals surface area (Å²) in [6.45, 7) is 6.61. The van der Waals surface area contributed by atoms with E-state index in [1.165, 1.54) is 39.0 Å². The number of hydrogen-bond donors (Lipinski definition) is 0. The first kappa shape index (κ1) is 14.1. The molecule has 2 aliphatic heterocycles. The van der Waals surface area contributed by atoms with Crippen LogP contribution in [0.25, 0.3) is 11.6 Å². The highest BCUT2D eigenvalue weighted by Crippen LogP contribution is 2.40. The van der Waals surface area contributed by atoms with Crippen LogP contribution in [0.2, 0.25) is 0 Å². The van der Waals surface area contributed by atoms with Gasteiger partial charge in [0, 0.05) is 18.0 Å². The van der Waals surface area contributed by atoms with Crippen LogP contribution in [-0.4, -0.2) is 4.90 Å². The smallest absolute Gasteiger partial charge is 0.0776 e. The highest BCUT2D eigenvalue weighted by atomic mass is 15.1. The summed E-state index contributed by atoms with van der Waals surface area (Å²) in [5.41, 5.74) is 9.40. The van der Waals surface area contributed by atoms with Crippen molar-refractivity contribution < 1.29 is 0 Å². The first-order chi connectivity index (χ1) is 11.1. The molecule has 1 nitrogen and oxygen atoms in total. The van der Waals surface area contributed by atoms with E-state index >= 15 is 0 Å². The van der Waals surface area contributed by atoms with Crippen molar-refractivity contribution in [3.8, 4) is 0 Å². The first-order valence-electron chi connectivity index (χ1n) is 8.16. The van der Waals surface area contributed by atoms with Gasteiger partial charge in [0.25, 0.3) is 0 Å². The van der Waals surface area contributed by atoms with E-state index in [9.17, 15) is 0 Å². The topological polar surface area (TPSA) is 3.24 Å². The van der Waals surface area contributed by atoms with Gasteiger partial charge in [0.05, 0.1) is 6.04 Å². The second-order valence-electron chi connectivity index (χ2n) is 6.55. The van der Waals surface area contributed by atoms with Gasteiger partial charge in [-0.3, -0.25) is 0 Å². The Morgan fingerprint density at radius 2 is 1.74 bits per heavy atom. The average Bonchev–Trinajstić information content (AvgIpc) is 2.55. The largest absolute Gasteiger partial charge is 0.343 e. The molecule has 1 atom stereocenters. The van der Waals surface area contributed by atoms with Crippen LogP contribution < -0.4 is 0 Å². The van der Waals surface area contributed by atoms with Gasteiger partial charge < -0.3 is 4.90 Å². The normalized spacial score (nSPS) is 18.9. The molecule has 0 saturated carbocycles. The molecule has 0 N–H and O–H groups in total. The fraction of sp³-hybridized carbons (Fsp3) is 0.182. The zero-order valence-electron chi connectivity index (χ0n) is 13.9. The Morgan fingerprint density at radius 3 is 2.52 bits per heavy atom. The van der Waals surface area contributed by atoms with E-state index < -0.39 is 0 Å². The molecule has 0 aromatic heterocycles. The Kier molecular flexibility index (Phi) is 3.23. The number of allylic oxidation sites excluding steroid dienone is 2. The molecule has 0 bridgehead atoms. The molecular formula is C22H21N. The summed E-state index contributed by atoms with van der Waals surface area (Å²) >= 11 is 0. The third kappa shape index (κ3) is 2.33. The molecule has 1 unspecified atom stereocenters. The van der Waals surface area contributed by atoms with Gasteiger partial charge in [-0.2, -0.15) is 0 Å². The lowest BCUT2D eigenvalue weighted by Gasteiger charge is -2.36. The van der Waals surface area contributed by atoms with Gasteiger partial charge in [-0.25, -0.2) is 0 Å². The summed E-state index contributed by atoms with van der Waals surface area (Å²) in [4.78, 5) is 2.33. The molecule has 0 spiro atoms. The molecule has 0 radical (unpaired) electrons. The van der Waals surface area contributed by atoms with Crippen LogP contribution >= 0.6 is 0 Å². The van der Waals surface area contributed by atoms with Gasteiger partial charge in [-0.1, -0.05) is 54.1 Å². The molecule has 0 fully saturated rings. The van der Waals surface area contributed by atoms with Crippen molar-refractivity contribution in [2.75, 3.05) is 0 Å². The van der Waals surface area contributed by atoms with Gasteiger partial charge in [-0.15, -0.1) is 0 Å². The van der Waals surface area contributed by atoms with Crippen LogP contribution in [0.4, 0.5) is 0 Å². The number of fused-ring (bicyclic) bond motifs is 3. The van der Waals surface area contributed by atoms with Crippen molar-refractivity contribution in [2.24, 2.45) is 0 Å². The van der Waals surface area contributed by atoms with Gasteiger partial charge in [-0.05, 0) is 54.7 Å². The monoisotopic (exact) mass is 299 g/mol. The van der Waals surface area contributed by atoms with E-state index in [0.29, 0.717) is 6.04 Å². The molecule has 2 heterocycles. The van der Waals surface area contributed by atoms with Gasteiger partial charge in [0.15, 0.2) is 0 Å². The lowest BCUT2D eigenvalue weighted by atomic mass is 9.86. The van der Waals surface area contributed by atoms with Crippen LogP contribution in [0.3, 0.4) is 0 Å². The Labute approximate surface area is 138 Å². The number of rotatable bonds is 1. The number of hydrogen-bond acceptors (Lipinski definition) is 1. The highest BCUT2D eigenvalue weighted by Gasteiger charge is 2.26. The second-order valence-corrected chi connectivity index (χ2v) is 6.55. The van der Waals surface area contributed by atoms with Crippen molar-refractivity contribution >= 4 is 11.6 Å². The van der Waals surface area contributed by atoms with E-state index in [0.717, 1.165) is 0 Å². The zero-order valence-corrected chi connectivity index (χ0v) is 13.9. The number of aryl methyl sites for hydroxylation is 2. The van der Waals surface area contributed by atoms with Crippen molar-refractivity contribution in [3.05, 3.63) is 94.3 Å². The molecule has 2 aliphatic rings. The summed E-state index contributed by atoms with van der Waals surface area (Å²) < 4.78 is 0. The summed E-state index contributed by atoms with van der Waals surface area (Å²) in [7, 11) is 0. The van der Waals surface area contributed by atoms with Crippen molar-refractivity contribution in [2.45, 2.75) is 26.8 Å². The quantitative estimate of drug-likeness (QED) is 0.659. The Balaban J connectivity index is 1.82. The third-order valence-corrected chi connectivity index (χ3v) is 4.81. The van der Waals surface area contributed by atoms with Crippen LogP contribution in [0.1, 0.15) is 40.8 Å². The van der Waals surface area contributed by atoms with Gasteiger partial charge in [0.1, 0.15) is 0 Å². The molecule has 0 amide bonds. The zero-order chi connectivity index (χ0) is 16.0. The van der Waals surface area contributed by atoms with E-state index in [-0.39, 0.29) is 0 Å². The van der Waals surface area contributed by atoms with Crippen molar-refractivity contribution in [1.29, 1.82) is 0 Å². The fourth-order valence-corrected chi connectivity index (χ4v) is 3.69. The molecule has 23 heavy (non-hydrogen) atoms. The van der Waals surface area contributed by atoms with E-state index in [1.54, 1.807) is 0 Å². The predicted molar refractivity (Wildman–Crippen MR) is 97.7 cm³/mol. The Bertz CT molecular complexity index is 853. The standard InChI is InChI=1S/C22H21N/c1-15-11-16(2)19-9-10-23-14-21(18-7-5-4-6-8-18)17(3)13-22(23)20(19)12-15/h4-14,22H,1-3H3. The minimum absolute atomic E-state index is 0.307. The summed E-state index contributed by atoms with van der Waals surface area (Å²) in [5.74, 6) is 0. The minimum Gasteiger partial charge on any atom is -0.343 e. The molecule has 0 saturated heterocycles. The van der Waals surface area contributed by atoms with Gasteiger partial charge >= 0.3 is 0 Å². The molecule has 2 aromatic rings. The minimum atomic E-state index is 0.307. The lowest BCUT2D eigenvalue weighted by molar-refractivity contribution is 0.429. The molecule has 4 rings (SSSR count). The summed E-state index contributed by atoms with van der Waals surface area (Å²) in [6, 6.07) is 15.5. The Hall–Kier alpha value is -2.54. The molecule has 1 heteroatoms. The SMILES string of the molecule is CC1=CC2c3cc(C)cc(C)c3C=CN2C=C1c1ccccc1. The van der Waals surface area contributed by atoms with Crippen molar-refractivity contribution in [3.63, 3.8) is 0 Å². The van der Waals surface area contributed by atoms with Crippen LogP contribution in [0, 0.1) is 13.8 Å². The molecule has 2 aromatic carbocycles. The highest BCUT2D eigenvalue weighted by molar-refractivity contribution is 5.80. The third-order valence-electron chi connectivity index (χ3n) is 4.81. The number of nitrogens with zero attached hydrogens (tertiary/aromatic N) is 1. The summed E-state index contributed by atoms with van der Waals surface area (Å²) in [5, 5.41) is 0. The van der Waals surface area contributed by atoms with Crippen LogP contribution in [-0.2, 0) is 0 Å². The lowest BCUT2D eigenvalue weighted by Crippen LogP contribution is -2.24. The van der Waals surface area contributed by atoms with E-state index in [1.807, 2.05) is 0 Å². The Morgan fingerprint density at radius 1 is 0.957 bits per heavy atom. The second kappa shape index (κ2) is 5.27. The predicted octanol–water partition coefficient (Wildman–Crippen LogP) is 5.63. The van der Waals surface area contributed by atoms with Gasteiger partial charge in [0.2, 0.25) is 0 Å². The van der Waals surface area contributed by atoms with Crippen LogP contribution in [0.15, 0.2) is 66.5 Å². The average molecular weight is 299 g/mol. The summed E-state index contributed by atoms with van der Waals surface area (Å²) in [6.07, 6.45) is 9.13.